The Labute approximate surface area is 168 Å². The summed E-state index contributed by atoms with van der Waals surface area (Å²) in [4.78, 5) is 50.3. The van der Waals surface area contributed by atoms with Crippen molar-refractivity contribution < 1.29 is 28.7 Å². The van der Waals surface area contributed by atoms with E-state index in [9.17, 15) is 19.2 Å². The molecular formula is C20H25N3O6. The maximum absolute atomic E-state index is 13.1. The van der Waals surface area contributed by atoms with E-state index in [1.165, 1.54) is 0 Å². The normalized spacial score (nSPS) is 20.3. The third-order valence-electron chi connectivity index (χ3n) is 5.26. The van der Waals surface area contributed by atoms with E-state index >= 15 is 0 Å². The van der Waals surface area contributed by atoms with Crippen LogP contribution in [0.5, 0.6) is 5.75 Å². The fraction of sp³-hybridized carbons (Fsp3) is 0.500. The first-order chi connectivity index (χ1) is 13.9. The Hall–Kier alpha value is -3.10. The molecule has 0 unspecified atom stereocenters. The van der Waals surface area contributed by atoms with Crippen LogP contribution in [0.3, 0.4) is 0 Å². The highest BCUT2D eigenvalue weighted by molar-refractivity contribution is 6.09. The number of fused-ring (bicyclic) bond motifs is 2. The van der Waals surface area contributed by atoms with Crippen molar-refractivity contribution in [3.05, 3.63) is 29.8 Å². The SMILES string of the molecule is CCC(CC)NC(=O)COC(=O)CN1C(=O)N[C@@]2(CCOc3ccccc32)C1=O. The molecule has 3 rings (SSSR count). The number of esters is 1. The minimum absolute atomic E-state index is 0.0144. The van der Waals surface area contributed by atoms with Crippen LogP contribution in [-0.2, 0) is 24.7 Å². The number of hydrogen-bond donors (Lipinski definition) is 2. The highest BCUT2D eigenvalue weighted by Gasteiger charge is 2.55. The van der Waals surface area contributed by atoms with Gasteiger partial charge in [-0.15, -0.1) is 0 Å². The van der Waals surface area contributed by atoms with Crippen LogP contribution in [0.25, 0.3) is 0 Å². The number of carbonyl (C=O) groups is 4. The number of nitrogens with zero attached hydrogens (tertiary/aromatic N) is 1. The fourth-order valence-corrected chi connectivity index (χ4v) is 3.60. The summed E-state index contributed by atoms with van der Waals surface area (Å²) < 4.78 is 10.5. The molecule has 1 fully saturated rings. The van der Waals surface area contributed by atoms with Crippen LogP contribution in [0, 0.1) is 0 Å². The molecule has 1 aromatic carbocycles. The lowest BCUT2D eigenvalue weighted by atomic mass is 9.84. The Bertz CT molecular complexity index is 822. The summed E-state index contributed by atoms with van der Waals surface area (Å²) >= 11 is 0. The minimum atomic E-state index is -1.25. The molecule has 2 aliphatic heterocycles. The Balaban J connectivity index is 1.63. The van der Waals surface area contributed by atoms with Gasteiger partial charge in [-0.05, 0) is 18.9 Å². The summed E-state index contributed by atoms with van der Waals surface area (Å²) in [7, 11) is 0. The Morgan fingerprint density at radius 3 is 2.72 bits per heavy atom. The van der Waals surface area contributed by atoms with Crippen molar-refractivity contribution in [1.29, 1.82) is 0 Å². The number of rotatable bonds is 7. The lowest BCUT2D eigenvalue weighted by molar-refractivity contribution is -0.151. The predicted octanol–water partition coefficient (Wildman–Crippen LogP) is 1.06. The van der Waals surface area contributed by atoms with Crippen molar-refractivity contribution in [2.45, 2.75) is 44.7 Å². The van der Waals surface area contributed by atoms with E-state index in [4.69, 9.17) is 9.47 Å². The van der Waals surface area contributed by atoms with Crippen molar-refractivity contribution in [2.75, 3.05) is 19.8 Å². The van der Waals surface area contributed by atoms with Crippen LogP contribution in [0.4, 0.5) is 4.79 Å². The number of carbonyl (C=O) groups excluding carboxylic acids is 4. The third-order valence-corrected chi connectivity index (χ3v) is 5.26. The van der Waals surface area contributed by atoms with Crippen LogP contribution in [-0.4, -0.2) is 54.5 Å². The second-order valence-corrected chi connectivity index (χ2v) is 7.06. The van der Waals surface area contributed by atoms with Crippen molar-refractivity contribution >= 4 is 23.8 Å². The molecule has 0 bridgehead atoms. The zero-order valence-corrected chi connectivity index (χ0v) is 16.5. The molecule has 0 radical (unpaired) electrons. The average Bonchev–Trinajstić information content (AvgIpc) is 2.95. The topological polar surface area (TPSA) is 114 Å². The van der Waals surface area contributed by atoms with Crippen LogP contribution < -0.4 is 15.4 Å². The lowest BCUT2D eigenvalue weighted by Crippen LogP contribution is -2.47. The average molecular weight is 403 g/mol. The molecule has 4 amide bonds. The van der Waals surface area contributed by atoms with Gasteiger partial charge in [0, 0.05) is 18.0 Å². The molecule has 2 heterocycles. The van der Waals surface area contributed by atoms with Gasteiger partial charge in [-0.1, -0.05) is 32.0 Å². The number of nitrogens with one attached hydrogen (secondary N) is 2. The molecule has 1 aromatic rings. The number of ether oxygens (including phenoxy) is 2. The molecule has 9 nitrogen and oxygen atoms in total. The van der Waals surface area contributed by atoms with Gasteiger partial charge in [-0.2, -0.15) is 0 Å². The quantitative estimate of drug-likeness (QED) is 0.520. The lowest BCUT2D eigenvalue weighted by Gasteiger charge is -2.33. The molecule has 2 N–H and O–H groups in total. The summed E-state index contributed by atoms with van der Waals surface area (Å²) in [6, 6.07) is 6.32. The van der Waals surface area contributed by atoms with Crippen LogP contribution in [0.2, 0.25) is 0 Å². The first-order valence-corrected chi connectivity index (χ1v) is 9.72. The van der Waals surface area contributed by atoms with E-state index in [2.05, 4.69) is 10.6 Å². The highest BCUT2D eigenvalue weighted by atomic mass is 16.5. The summed E-state index contributed by atoms with van der Waals surface area (Å²) in [6.07, 6.45) is 1.80. The summed E-state index contributed by atoms with van der Waals surface area (Å²) in [5, 5.41) is 5.46. The van der Waals surface area contributed by atoms with E-state index in [0.717, 1.165) is 17.7 Å². The number of benzene rings is 1. The van der Waals surface area contributed by atoms with Crippen LogP contribution in [0.1, 0.15) is 38.7 Å². The molecule has 1 spiro atoms. The van der Waals surface area contributed by atoms with Gasteiger partial charge in [-0.25, -0.2) is 4.79 Å². The van der Waals surface area contributed by atoms with Gasteiger partial charge in [-0.3, -0.25) is 19.3 Å². The number of imide groups is 1. The van der Waals surface area contributed by atoms with Crippen LogP contribution >= 0.6 is 0 Å². The highest BCUT2D eigenvalue weighted by Crippen LogP contribution is 2.40. The minimum Gasteiger partial charge on any atom is -0.493 e. The van der Waals surface area contributed by atoms with Gasteiger partial charge in [0.25, 0.3) is 11.8 Å². The van der Waals surface area contributed by atoms with Gasteiger partial charge in [0.15, 0.2) is 12.1 Å². The van der Waals surface area contributed by atoms with Crippen molar-refractivity contribution in [2.24, 2.45) is 0 Å². The Morgan fingerprint density at radius 2 is 2.00 bits per heavy atom. The molecule has 0 saturated carbocycles. The standard InChI is InChI=1S/C20H25N3O6/c1-3-13(4-2)21-16(24)12-29-17(25)11-23-18(26)20(22-19(23)27)9-10-28-15-8-6-5-7-14(15)20/h5-8,13H,3-4,9-12H2,1-2H3,(H,21,24)(H,22,27)/t20-/m1/s1. The number of hydrogen-bond acceptors (Lipinski definition) is 6. The van der Waals surface area contributed by atoms with E-state index in [0.29, 0.717) is 11.3 Å². The molecule has 156 valence electrons. The molecule has 0 aliphatic carbocycles. The van der Waals surface area contributed by atoms with E-state index in [-0.39, 0.29) is 19.1 Å². The van der Waals surface area contributed by atoms with E-state index in [1.807, 2.05) is 13.8 Å². The van der Waals surface area contributed by atoms with Crippen molar-refractivity contribution in [1.82, 2.24) is 15.5 Å². The summed E-state index contributed by atoms with van der Waals surface area (Å²) in [5.74, 6) is -1.25. The first kappa shape index (κ1) is 20.6. The zero-order valence-electron chi connectivity index (χ0n) is 16.5. The van der Waals surface area contributed by atoms with Gasteiger partial charge in [0.2, 0.25) is 0 Å². The zero-order chi connectivity index (χ0) is 21.0. The maximum Gasteiger partial charge on any atom is 0.326 e. The smallest absolute Gasteiger partial charge is 0.326 e. The van der Waals surface area contributed by atoms with Gasteiger partial charge < -0.3 is 20.1 Å². The van der Waals surface area contributed by atoms with Gasteiger partial charge in [0.05, 0.1) is 6.61 Å². The van der Waals surface area contributed by atoms with Gasteiger partial charge >= 0.3 is 12.0 Å². The number of para-hydroxylation sites is 1. The third kappa shape index (κ3) is 4.03. The Morgan fingerprint density at radius 1 is 1.28 bits per heavy atom. The molecule has 29 heavy (non-hydrogen) atoms. The largest absolute Gasteiger partial charge is 0.493 e. The Kier molecular flexibility index (Phi) is 6.05. The molecular weight excluding hydrogens is 378 g/mol. The molecule has 1 saturated heterocycles. The van der Waals surface area contributed by atoms with Gasteiger partial charge in [0.1, 0.15) is 12.3 Å². The maximum atomic E-state index is 13.1. The predicted molar refractivity (Wildman–Crippen MR) is 102 cm³/mol. The summed E-state index contributed by atoms with van der Waals surface area (Å²) in [5.41, 5.74) is -0.691. The van der Waals surface area contributed by atoms with E-state index < -0.39 is 42.5 Å². The van der Waals surface area contributed by atoms with Crippen molar-refractivity contribution in [3.8, 4) is 5.75 Å². The first-order valence-electron chi connectivity index (χ1n) is 9.72. The second-order valence-electron chi connectivity index (χ2n) is 7.06. The fourth-order valence-electron chi connectivity index (χ4n) is 3.60. The van der Waals surface area contributed by atoms with Crippen LogP contribution in [0.15, 0.2) is 24.3 Å². The van der Waals surface area contributed by atoms with E-state index in [1.54, 1.807) is 24.3 Å². The molecule has 2 aliphatic rings. The molecule has 9 heteroatoms. The number of urea groups is 1. The molecule has 0 aromatic heterocycles. The molecule has 1 atom stereocenters. The summed E-state index contributed by atoms with van der Waals surface area (Å²) in [6.45, 7) is 3.14. The monoisotopic (exact) mass is 403 g/mol. The van der Waals surface area contributed by atoms with Crippen molar-refractivity contribution in [3.63, 3.8) is 0 Å². The second kappa shape index (κ2) is 8.50. The number of amides is 4.